The topological polar surface area (TPSA) is 68.2 Å². The molecule has 2 atom stereocenters. The lowest BCUT2D eigenvalue weighted by molar-refractivity contribution is -0.123. The highest BCUT2D eigenvalue weighted by molar-refractivity contribution is 5.83. The number of likely N-dealkylation sites (N-methyl/N-ethyl adjacent to an activating group) is 1. The van der Waals surface area contributed by atoms with Crippen molar-refractivity contribution in [1.82, 2.24) is 20.4 Å². The largest absolute Gasteiger partial charge is 0.435 e. The summed E-state index contributed by atoms with van der Waals surface area (Å²) in [6.07, 6.45) is 3.39. The fourth-order valence-electron chi connectivity index (χ4n) is 2.36. The summed E-state index contributed by atoms with van der Waals surface area (Å²) in [5, 5.41) is 9.90. The Morgan fingerprint density at radius 3 is 2.42 bits per heavy atom. The summed E-state index contributed by atoms with van der Waals surface area (Å²) >= 11 is 0. The molecule has 130 valence electrons. The van der Waals surface area contributed by atoms with E-state index in [9.17, 15) is 13.6 Å². The number of nitrogens with zero attached hydrogens (tertiary/aromatic N) is 2. The van der Waals surface area contributed by atoms with Crippen LogP contribution in [0.3, 0.4) is 0 Å². The van der Waals surface area contributed by atoms with Crippen LogP contribution in [0.1, 0.15) is 30.1 Å². The van der Waals surface area contributed by atoms with Gasteiger partial charge in [0.15, 0.2) is 0 Å². The van der Waals surface area contributed by atoms with E-state index in [0.717, 1.165) is 11.1 Å². The van der Waals surface area contributed by atoms with E-state index in [2.05, 4.69) is 20.5 Å². The van der Waals surface area contributed by atoms with Crippen LogP contribution in [0.25, 0.3) is 0 Å². The number of ether oxygens (including phenoxy) is 1. The lowest BCUT2D eigenvalue weighted by Crippen LogP contribution is -2.37. The minimum atomic E-state index is -2.86. The van der Waals surface area contributed by atoms with Gasteiger partial charge in [0.1, 0.15) is 11.8 Å². The first-order valence-electron chi connectivity index (χ1n) is 7.41. The highest BCUT2D eigenvalue weighted by Crippen LogP contribution is 2.20. The van der Waals surface area contributed by atoms with Crippen molar-refractivity contribution in [3.8, 4) is 5.75 Å². The number of aromatic nitrogens is 2. The smallest absolute Gasteiger partial charge is 0.387 e. The van der Waals surface area contributed by atoms with Crippen molar-refractivity contribution < 1.29 is 18.3 Å². The second kappa shape index (κ2) is 7.87. The molecule has 0 aliphatic heterocycles. The minimum Gasteiger partial charge on any atom is -0.435 e. The Morgan fingerprint density at radius 2 is 1.92 bits per heavy atom. The van der Waals surface area contributed by atoms with Crippen LogP contribution in [0, 0.1) is 0 Å². The molecule has 0 fully saturated rings. The molecule has 2 unspecified atom stereocenters. The van der Waals surface area contributed by atoms with Gasteiger partial charge in [0, 0.05) is 18.8 Å². The number of halogens is 2. The molecular formula is C16H20F2N4O2. The number of amides is 1. The van der Waals surface area contributed by atoms with E-state index in [-0.39, 0.29) is 17.7 Å². The van der Waals surface area contributed by atoms with Gasteiger partial charge in [-0.1, -0.05) is 12.1 Å². The van der Waals surface area contributed by atoms with Gasteiger partial charge in [-0.3, -0.25) is 9.48 Å². The van der Waals surface area contributed by atoms with Gasteiger partial charge in [-0.2, -0.15) is 13.9 Å². The van der Waals surface area contributed by atoms with Crippen molar-refractivity contribution in [1.29, 1.82) is 0 Å². The fourth-order valence-corrected chi connectivity index (χ4v) is 2.36. The summed E-state index contributed by atoms with van der Waals surface area (Å²) in [5.41, 5.74) is 1.54. The molecule has 0 radical (unpaired) electrons. The number of carbonyl (C=O) groups is 1. The van der Waals surface area contributed by atoms with Crippen LogP contribution in [0.2, 0.25) is 0 Å². The first kappa shape index (κ1) is 17.9. The monoisotopic (exact) mass is 338 g/mol. The molecule has 0 bridgehead atoms. The Bertz CT molecular complexity index is 673. The van der Waals surface area contributed by atoms with Crippen molar-refractivity contribution >= 4 is 5.91 Å². The van der Waals surface area contributed by atoms with Gasteiger partial charge in [0.05, 0.1) is 12.2 Å². The molecule has 0 aliphatic carbocycles. The van der Waals surface area contributed by atoms with Crippen LogP contribution in [-0.2, 0) is 11.8 Å². The molecule has 2 N–H and O–H groups in total. The average Bonchev–Trinajstić information content (AvgIpc) is 2.94. The Labute approximate surface area is 138 Å². The molecule has 1 amide bonds. The second-order valence-electron chi connectivity index (χ2n) is 5.35. The zero-order valence-corrected chi connectivity index (χ0v) is 13.7. The van der Waals surface area contributed by atoms with E-state index in [1.54, 1.807) is 43.3 Å². The third-order valence-electron chi connectivity index (χ3n) is 3.57. The van der Waals surface area contributed by atoms with Crippen LogP contribution in [0.5, 0.6) is 5.75 Å². The minimum absolute atomic E-state index is 0.0794. The van der Waals surface area contributed by atoms with E-state index in [1.165, 1.54) is 12.1 Å². The van der Waals surface area contributed by atoms with Gasteiger partial charge in [-0.25, -0.2) is 0 Å². The number of hydrogen-bond acceptors (Lipinski definition) is 4. The van der Waals surface area contributed by atoms with Crippen molar-refractivity contribution in [2.75, 3.05) is 7.05 Å². The number of aryl methyl sites for hydroxylation is 1. The molecule has 6 nitrogen and oxygen atoms in total. The number of nitrogens with one attached hydrogen (secondary N) is 2. The Kier molecular flexibility index (Phi) is 5.86. The summed E-state index contributed by atoms with van der Waals surface area (Å²) in [7, 11) is 3.47. The number of carbonyl (C=O) groups excluding carboxylic acids is 1. The predicted octanol–water partition coefficient (Wildman–Crippen LogP) is 2.16. The SMILES string of the molecule is CNC(C(=O)NC(C)c1ccc(OC(F)F)cc1)c1cnn(C)c1. The maximum absolute atomic E-state index is 12.4. The maximum Gasteiger partial charge on any atom is 0.387 e. The molecule has 0 aliphatic rings. The molecule has 0 spiro atoms. The third kappa shape index (κ3) is 4.51. The number of hydrogen-bond donors (Lipinski definition) is 2. The highest BCUT2D eigenvalue weighted by atomic mass is 19.3. The first-order valence-corrected chi connectivity index (χ1v) is 7.41. The van der Waals surface area contributed by atoms with Crippen LogP contribution in [-0.4, -0.2) is 29.3 Å². The first-order chi connectivity index (χ1) is 11.4. The number of benzene rings is 1. The van der Waals surface area contributed by atoms with Crippen LogP contribution < -0.4 is 15.4 Å². The summed E-state index contributed by atoms with van der Waals surface area (Å²) in [5.74, 6) is -0.123. The summed E-state index contributed by atoms with van der Waals surface area (Å²) in [4.78, 5) is 12.4. The van der Waals surface area contributed by atoms with Crippen LogP contribution in [0.4, 0.5) is 8.78 Å². The van der Waals surface area contributed by atoms with Gasteiger partial charge in [0.2, 0.25) is 5.91 Å². The Hall–Kier alpha value is -2.48. The Balaban J connectivity index is 2.02. The maximum atomic E-state index is 12.4. The molecular weight excluding hydrogens is 318 g/mol. The van der Waals surface area contributed by atoms with Crippen molar-refractivity contribution in [3.63, 3.8) is 0 Å². The van der Waals surface area contributed by atoms with E-state index < -0.39 is 12.7 Å². The lowest BCUT2D eigenvalue weighted by atomic mass is 10.1. The van der Waals surface area contributed by atoms with E-state index in [4.69, 9.17) is 0 Å². The van der Waals surface area contributed by atoms with Gasteiger partial charge in [0.25, 0.3) is 0 Å². The van der Waals surface area contributed by atoms with Gasteiger partial charge in [-0.05, 0) is 31.7 Å². The summed E-state index contributed by atoms with van der Waals surface area (Å²) < 4.78 is 30.2. The lowest BCUT2D eigenvalue weighted by Gasteiger charge is -2.19. The zero-order valence-electron chi connectivity index (χ0n) is 13.7. The summed E-state index contributed by atoms with van der Waals surface area (Å²) in [6.45, 7) is -1.04. The normalized spacial score (nSPS) is 13.6. The molecule has 24 heavy (non-hydrogen) atoms. The van der Waals surface area contributed by atoms with Crippen molar-refractivity contribution in [2.24, 2.45) is 7.05 Å². The van der Waals surface area contributed by atoms with Crippen LogP contribution in [0.15, 0.2) is 36.7 Å². The van der Waals surface area contributed by atoms with E-state index in [0.29, 0.717) is 0 Å². The quantitative estimate of drug-likeness (QED) is 0.812. The van der Waals surface area contributed by atoms with Gasteiger partial charge < -0.3 is 15.4 Å². The zero-order chi connectivity index (χ0) is 17.7. The third-order valence-corrected chi connectivity index (χ3v) is 3.57. The Morgan fingerprint density at radius 1 is 1.25 bits per heavy atom. The predicted molar refractivity (Wildman–Crippen MR) is 84.6 cm³/mol. The van der Waals surface area contributed by atoms with Gasteiger partial charge >= 0.3 is 6.61 Å². The molecule has 1 aromatic heterocycles. The number of rotatable bonds is 7. The number of alkyl halides is 2. The highest BCUT2D eigenvalue weighted by Gasteiger charge is 2.22. The van der Waals surface area contributed by atoms with E-state index in [1.807, 2.05) is 6.92 Å². The average molecular weight is 338 g/mol. The molecule has 8 heteroatoms. The van der Waals surface area contributed by atoms with Crippen molar-refractivity contribution in [3.05, 3.63) is 47.8 Å². The van der Waals surface area contributed by atoms with E-state index >= 15 is 0 Å². The second-order valence-corrected chi connectivity index (χ2v) is 5.35. The molecule has 2 aromatic rings. The van der Waals surface area contributed by atoms with Crippen LogP contribution >= 0.6 is 0 Å². The van der Waals surface area contributed by atoms with Gasteiger partial charge in [-0.15, -0.1) is 0 Å². The molecule has 1 aromatic carbocycles. The molecule has 0 saturated carbocycles. The van der Waals surface area contributed by atoms with Crippen molar-refractivity contribution in [2.45, 2.75) is 25.6 Å². The standard InChI is InChI=1S/C16H20F2N4O2/c1-10(11-4-6-13(7-5-11)24-16(17)18)21-15(23)14(19-2)12-8-20-22(3)9-12/h4-10,14,16,19H,1-3H3,(H,21,23). The fraction of sp³-hybridized carbons (Fsp3) is 0.375. The molecule has 1 heterocycles. The summed E-state index contributed by atoms with van der Waals surface area (Å²) in [6, 6.07) is 5.36. The molecule has 2 rings (SSSR count). The molecule has 0 saturated heterocycles.